The molecule has 0 saturated heterocycles. The van der Waals surface area contributed by atoms with Crippen molar-refractivity contribution < 1.29 is 9.18 Å². The van der Waals surface area contributed by atoms with Gasteiger partial charge in [-0.2, -0.15) is 0 Å². The fraction of sp³-hybridized carbons (Fsp3) is 0. The van der Waals surface area contributed by atoms with Crippen LogP contribution in [0.2, 0.25) is 5.02 Å². The van der Waals surface area contributed by atoms with E-state index in [0.717, 1.165) is 0 Å². The number of nitrogen functional groups attached to an aromatic ring is 1. The lowest BCUT2D eigenvalue weighted by molar-refractivity contribution is 0.102. The number of rotatable bonds is 2. The molecule has 6 heteroatoms. The Morgan fingerprint density at radius 1 is 1.32 bits per heavy atom. The lowest BCUT2D eigenvalue weighted by atomic mass is 10.2. The largest absolute Gasteiger partial charge is 0.397 e. The number of hydrogen-bond acceptors (Lipinski definition) is 2. The van der Waals surface area contributed by atoms with Gasteiger partial charge < -0.3 is 11.1 Å². The zero-order chi connectivity index (χ0) is 14.0. The third kappa shape index (κ3) is 3.05. The quantitative estimate of drug-likeness (QED) is 0.807. The van der Waals surface area contributed by atoms with Gasteiger partial charge in [-0.05, 0) is 46.3 Å². The Hall–Kier alpha value is -1.59. The Balaban J connectivity index is 2.34. The Morgan fingerprint density at radius 3 is 2.74 bits per heavy atom. The summed E-state index contributed by atoms with van der Waals surface area (Å²) in [5, 5.41) is 2.96. The predicted molar refractivity (Wildman–Crippen MR) is 77.9 cm³/mol. The van der Waals surface area contributed by atoms with Gasteiger partial charge >= 0.3 is 0 Å². The Labute approximate surface area is 122 Å². The minimum absolute atomic E-state index is 0.0816. The minimum atomic E-state index is -0.618. The van der Waals surface area contributed by atoms with E-state index in [2.05, 4.69) is 21.2 Å². The summed E-state index contributed by atoms with van der Waals surface area (Å²) < 4.78 is 14.0. The monoisotopic (exact) mass is 342 g/mol. The number of halogens is 3. The summed E-state index contributed by atoms with van der Waals surface area (Å²) in [5.74, 6) is -1.22. The summed E-state index contributed by atoms with van der Waals surface area (Å²) in [6.07, 6.45) is 0. The van der Waals surface area contributed by atoms with Crippen LogP contribution in [0.25, 0.3) is 0 Å². The van der Waals surface area contributed by atoms with Crippen molar-refractivity contribution in [3.05, 3.63) is 57.3 Å². The van der Waals surface area contributed by atoms with Gasteiger partial charge in [0.05, 0.1) is 16.9 Å². The zero-order valence-corrected chi connectivity index (χ0v) is 11.9. The van der Waals surface area contributed by atoms with E-state index in [9.17, 15) is 9.18 Å². The molecule has 2 rings (SSSR count). The van der Waals surface area contributed by atoms with Crippen molar-refractivity contribution in [2.24, 2.45) is 0 Å². The molecule has 98 valence electrons. The highest BCUT2D eigenvalue weighted by atomic mass is 79.9. The molecule has 0 spiro atoms. The van der Waals surface area contributed by atoms with E-state index in [4.69, 9.17) is 17.3 Å². The number of nitrogens with two attached hydrogens (primary N) is 1. The summed E-state index contributed by atoms with van der Waals surface area (Å²) in [7, 11) is 0. The first-order chi connectivity index (χ1) is 8.99. The maximum absolute atomic E-state index is 13.6. The first-order valence-electron chi connectivity index (χ1n) is 5.29. The van der Waals surface area contributed by atoms with Crippen LogP contribution < -0.4 is 11.1 Å². The molecule has 2 aromatic rings. The van der Waals surface area contributed by atoms with Crippen LogP contribution in [0, 0.1) is 5.82 Å². The van der Waals surface area contributed by atoms with Crippen LogP contribution in [0.15, 0.2) is 40.9 Å². The van der Waals surface area contributed by atoms with Gasteiger partial charge in [-0.15, -0.1) is 0 Å². The third-order valence-corrected chi connectivity index (χ3v) is 3.35. The second-order valence-electron chi connectivity index (χ2n) is 3.78. The molecule has 0 radical (unpaired) electrons. The van der Waals surface area contributed by atoms with E-state index in [1.54, 1.807) is 18.2 Å². The third-order valence-electron chi connectivity index (χ3n) is 2.45. The molecule has 0 heterocycles. The lowest BCUT2D eigenvalue weighted by Gasteiger charge is -2.10. The highest BCUT2D eigenvalue weighted by Gasteiger charge is 2.16. The smallest absolute Gasteiger partial charge is 0.259 e. The van der Waals surface area contributed by atoms with Crippen LogP contribution in [-0.2, 0) is 0 Å². The van der Waals surface area contributed by atoms with Crippen LogP contribution in [0.4, 0.5) is 15.8 Å². The van der Waals surface area contributed by atoms with Gasteiger partial charge in [-0.3, -0.25) is 4.79 Å². The molecule has 0 aliphatic heterocycles. The fourth-order valence-electron chi connectivity index (χ4n) is 1.54. The van der Waals surface area contributed by atoms with Gasteiger partial charge in [0.15, 0.2) is 0 Å². The first kappa shape index (κ1) is 13.8. The predicted octanol–water partition coefficient (Wildman–Crippen LogP) is 4.08. The summed E-state index contributed by atoms with van der Waals surface area (Å²) in [6.45, 7) is 0. The van der Waals surface area contributed by atoms with Crippen LogP contribution in [0.3, 0.4) is 0 Å². The van der Waals surface area contributed by atoms with Crippen LogP contribution >= 0.6 is 27.5 Å². The highest BCUT2D eigenvalue weighted by Crippen LogP contribution is 2.25. The normalized spacial score (nSPS) is 10.3. The molecule has 0 unspecified atom stereocenters. The number of carbonyl (C=O) groups excluding carboxylic acids is 1. The number of benzene rings is 2. The van der Waals surface area contributed by atoms with Crippen molar-refractivity contribution in [2.75, 3.05) is 11.1 Å². The number of amides is 1. The molecule has 3 N–H and O–H groups in total. The van der Waals surface area contributed by atoms with E-state index in [1.165, 1.54) is 18.2 Å². The van der Waals surface area contributed by atoms with Gasteiger partial charge in [0.25, 0.3) is 5.91 Å². The average molecular weight is 344 g/mol. The van der Waals surface area contributed by atoms with E-state index in [1.807, 2.05) is 0 Å². The van der Waals surface area contributed by atoms with Gasteiger partial charge in [0, 0.05) is 9.50 Å². The van der Waals surface area contributed by atoms with Crippen LogP contribution in [-0.4, -0.2) is 5.91 Å². The van der Waals surface area contributed by atoms with Gasteiger partial charge in [-0.25, -0.2) is 4.39 Å². The Bertz CT molecular complexity index is 628. The van der Waals surface area contributed by atoms with Crippen molar-refractivity contribution in [3.63, 3.8) is 0 Å². The van der Waals surface area contributed by atoms with E-state index in [-0.39, 0.29) is 5.56 Å². The molecule has 0 atom stereocenters. The minimum Gasteiger partial charge on any atom is -0.397 e. The van der Waals surface area contributed by atoms with Crippen molar-refractivity contribution in [3.8, 4) is 0 Å². The molecule has 0 bridgehead atoms. The number of carbonyl (C=O) groups is 1. The van der Waals surface area contributed by atoms with Crippen molar-refractivity contribution >= 4 is 44.8 Å². The van der Waals surface area contributed by atoms with Gasteiger partial charge in [-0.1, -0.05) is 17.7 Å². The Kier molecular flexibility index (Phi) is 4.07. The molecule has 0 saturated carbocycles. The van der Waals surface area contributed by atoms with E-state index in [0.29, 0.717) is 20.9 Å². The fourth-order valence-corrected chi connectivity index (χ4v) is 2.23. The summed E-state index contributed by atoms with van der Waals surface area (Å²) >= 11 is 8.95. The number of hydrogen-bond donors (Lipinski definition) is 2. The number of nitrogens with one attached hydrogen (secondary N) is 1. The van der Waals surface area contributed by atoms with Gasteiger partial charge in [0.1, 0.15) is 5.82 Å². The van der Waals surface area contributed by atoms with E-state index < -0.39 is 11.7 Å². The molecule has 3 nitrogen and oxygen atoms in total. The Morgan fingerprint density at radius 2 is 2.05 bits per heavy atom. The molecule has 1 amide bonds. The second-order valence-corrected chi connectivity index (χ2v) is 5.07. The molecule has 0 fully saturated rings. The average Bonchev–Trinajstić information content (AvgIpc) is 2.33. The van der Waals surface area contributed by atoms with Crippen LogP contribution in [0.5, 0.6) is 0 Å². The lowest BCUT2D eigenvalue weighted by Crippen LogP contribution is -2.15. The zero-order valence-electron chi connectivity index (χ0n) is 9.58. The molecular formula is C13H9BrClFN2O. The highest BCUT2D eigenvalue weighted by molar-refractivity contribution is 9.10. The molecule has 0 aliphatic rings. The topological polar surface area (TPSA) is 55.1 Å². The van der Waals surface area contributed by atoms with Crippen molar-refractivity contribution in [1.29, 1.82) is 0 Å². The second kappa shape index (κ2) is 5.59. The first-order valence-corrected chi connectivity index (χ1v) is 6.46. The van der Waals surface area contributed by atoms with Crippen molar-refractivity contribution in [1.82, 2.24) is 0 Å². The van der Waals surface area contributed by atoms with Crippen molar-refractivity contribution in [2.45, 2.75) is 0 Å². The molecule has 0 aliphatic carbocycles. The molecule has 0 aromatic heterocycles. The van der Waals surface area contributed by atoms with Gasteiger partial charge in [0.2, 0.25) is 0 Å². The number of anilines is 2. The van der Waals surface area contributed by atoms with E-state index >= 15 is 0 Å². The maximum Gasteiger partial charge on any atom is 0.259 e. The standard InChI is InChI=1S/C13H9BrClFN2O/c14-8-2-1-3-9(16)12(8)13(19)18-11-6-7(15)4-5-10(11)17/h1-6H,17H2,(H,18,19). The molecule has 2 aromatic carbocycles. The molecular weight excluding hydrogens is 335 g/mol. The SMILES string of the molecule is Nc1ccc(Cl)cc1NC(=O)c1c(F)cccc1Br. The summed E-state index contributed by atoms with van der Waals surface area (Å²) in [5.41, 5.74) is 6.32. The van der Waals surface area contributed by atoms with Crippen LogP contribution in [0.1, 0.15) is 10.4 Å². The maximum atomic E-state index is 13.6. The molecule has 19 heavy (non-hydrogen) atoms. The summed E-state index contributed by atoms with van der Waals surface area (Å²) in [4.78, 5) is 12.0. The summed E-state index contributed by atoms with van der Waals surface area (Å²) in [6, 6.07) is 8.97.